The van der Waals surface area contributed by atoms with Crippen molar-refractivity contribution in [1.29, 1.82) is 0 Å². The monoisotopic (exact) mass is 356 g/mol. The molecule has 1 fully saturated rings. The minimum absolute atomic E-state index is 0.0320. The maximum absolute atomic E-state index is 13.9. The lowest BCUT2D eigenvalue weighted by molar-refractivity contribution is -0.125. The van der Waals surface area contributed by atoms with Gasteiger partial charge in [0.05, 0.1) is 6.04 Å². The van der Waals surface area contributed by atoms with Gasteiger partial charge in [0.2, 0.25) is 5.91 Å². The summed E-state index contributed by atoms with van der Waals surface area (Å²) < 4.78 is 13.9. The Kier molecular flexibility index (Phi) is 6.23. The van der Waals surface area contributed by atoms with Crippen LogP contribution in [0, 0.1) is 5.82 Å². The SMILES string of the molecule is O=C(NCCCc1ccc(O)cc1)C1CCCN1Cc1ccccc1F. The molecule has 1 aliphatic heterocycles. The molecule has 3 rings (SSSR count). The summed E-state index contributed by atoms with van der Waals surface area (Å²) in [4.78, 5) is 14.6. The maximum atomic E-state index is 13.9. The van der Waals surface area contributed by atoms with Crippen molar-refractivity contribution in [3.8, 4) is 5.75 Å². The summed E-state index contributed by atoms with van der Waals surface area (Å²) in [5.74, 6) is 0.0789. The van der Waals surface area contributed by atoms with Crippen molar-refractivity contribution in [2.24, 2.45) is 0 Å². The summed E-state index contributed by atoms with van der Waals surface area (Å²) in [5.41, 5.74) is 1.78. The standard InChI is InChI=1S/C21H25FN2O2/c22-19-7-2-1-6-17(19)15-24-14-4-8-20(24)21(26)23-13-3-5-16-9-11-18(25)12-10-16/h1-2,6-7,9-12,20,25H,3-5,8,13-15H2,(H,23,26). The molecule has 0 saturated carbocycles. The lowest BCUT2D eigenvalue weighted by atomic mass is 10.1. The minimum atomic E-state index is -0.215. The van der Waals surface area contributed by atoms with Crippen molar-refractivity contribution in [3.05, 3.63) is 65.5 Å². The number of amides is 1. The summed E-state index contributed by atoms with van der Waals surface area (Å²) in [5, 5.41) is 12.3. The van der Waals surface area contributed by atoms with Crippen LogP contribution in [0.1, 0.15) is 30.4 Å². The first-order valence-corrected chi connectivity index (χ1v) is 9.16. The summed E-state index contributed by atoms with van der Waals surface area (Å²) in [6.07, 6.45) is 3.47. The largest absolute Gasteiger partial charge is 0.508 e. The van der Waals surface area contributed by atoms with Crippen LogP contribution >= 0.6 is 0 Å². The summed E-state index contributed by atoms with van der Waals surface area (Å²) in [6, 6.07) is 13.7. The third-order valence-corrected chi connectivity index (χ3v) is 4.88. The molecule has 2 aromatic rings. The molecule has 5 heteroatoms. The van der Waals surface area contributed by atoms with Crippen LogP contribution in [-0.2, 0) is 17.8 Å². The summed E-state index contributed by atoms with van der Waals surface area (Å²) in [7, 11) is 0. The topological polar surface area (TPSA) is 52.6 Å². The van der Waals surface area contributed by atoms with Crippen LogP contribution in [0.25, 0.3) is 0 Å². The van der Waals surface area contributed by atoms with E-state index in [0.717, 1.165) is 37.8 Å². The average Bonchev–Trinajstić information content (AvgIpc) is 3.10. The molecule has 0 aliphatic carbocycles. The first-order chi connectivity index (χ1) is 12.6. The maximum Gasteiger partial charge on any atom is 0.237 e. The third kappa shape index (κ3) is 4.82. The van der Waals surface area contributed by atoms with E-state index in [9.17, 15) is 14.3 Å². The molecule has 1 heterocycles. The van der Waals surface area contributed by atoms with Gasteiger partial charge in [0.1, 0.15) is 11.6 Å². The predicted octanol–water partition coefficient (Wildman–Crippen LogP) is 3.24. The molecular weight excluding hydrogens is 331 g/mol. The molecule has 4 nitrogen and oxygen atoms in total. The Balaban J connectivity index is 1.46. The van der Waals surface area contributed by atoms with Crippen molar-refractivity contribution < 1.29 is 14.3 Å². The number of hydrogen-bond donors (Lipinski definition) is 2. The van der Waals surface area contributed by atoms with E-state index in [4.69, 9.17) is 0 Å². The first-order valence-electron chi connectivity index (χ1n) is 9.16. The van der Waals surface area contributed by atoms with Crippen molar-refractivity contribution in [2.45, 2.75) is 38.3 Å². The normalized spacial score (nSPS) is 17.3. The fraction of sp³-hybridized carbons (Fsp3) is 0.381. The highest BCUT2D eigenvalue weighted by Crippen LogP contribution is 2.21. The van der Waals surface area contributed by atoms with Gasteiger partial charge in [-0.2, -0.15) is 0 Å². The zero-order valence-electron chi connectivity index (χ0n) is 14.8. The van der Waals surface area contributed by atoms with E-state index < -0.39 is 0 Å². The number of aromatic hydroxyl groups is 1. The van der Waals surface area contributed by atoms with Gasteiger partial charge >= 0.3 is 0 Å². The van der Waals surface area contributed by atoms with Crippen molar-refractivity contribution >= 4 is 5.91 Å². The van der Waals surface area contributed by atoms with Crippen LogP contribution < -0.4 is 5.32 Å². The fourth-order valence-corrected chi connectivity index (χ4v) is 3.44. The second-order valence-corrected chi connectivity index (χ2v) is 6.78. The van der Waals surface area contributed by atoms with E-state index >= 15 is 0 Å². The lowest BCUT2D eigenvalue weighted by Crippen LogP contribution is -2.43. The summed E-state index contributed by atoms with van der Waals surface area (Å²) >= 11 is 0. The van der Waals surface area contributed by atoms with Gasteiger partial charge in [-0.15, -0.1) is 0 Å². The highest BCUT2D eigenvalue weighted by molar-refractivity contribution is 5.82. The second-order valence-electron chi connectivity index (χ2n) is 6.78. The molecule has 1 atom stereocenters. The second kappa shape index (κ2) is 8.81. The Labute approximate surface area is 153 Å². The number of rotatable bonds is 7. The number of carbonyl (C=O) groups excluding carboxylic acids is 1. The number of carbonyl (C=O) groups is 1. The molecule has 138 valence electrons. The van der Waals surface area contributed by atoms with Crippen molar-refractivity contribution in [1.82, 2.24) is 10.2 Å². The average molecular weight is 356 g/mol. The van der Waals surface area contributed by atoms with Gasteiger partial charge in [-0.1, -0.05) is 30.3 Å². The molecule has 0 aromatic heterocycles. The summed E-state index contributed by atoms with van der Waals surface area (Å²) in [6.45, 7) is 1.90. The van der Waals surface area contributed by atoms with Gasteiger partial charge in [-0.25, -0.2) is 4.39 Å². The molecular formula is C21H25FN2O2. The zero-order valence-corrected chi connectivity index (χ0v) is 14.8. The van der Waals surface area contributed by atoms with Gasteiger partial charge in [-0.3, -0.25) is 9.69 Å². The van der Waals surface area contributed by atoms with E-state index in [1.807, 2.05) is 18.2 Å². The Bertz CT molecular complexity index is 733. The predicted molar refractivity (Wildman–Crippen MR) is 99.3 cm³/mol. The quantitative estimate of drug-likeness (QED) is 0.749. The Morgan fingerprint density at radius 3 is 2.73 bits per heavy atom. The van der Waals surface area contributed by atoms with Crippen LogP contribution in [-0.4, -0.2) is 35.0 Å². The molecule has 0 bridgehead atoms. The molecule has 1 aliphatic rings. The Morgan fingerprint density at radius 2 is 1.96 bits per heavy atom. The smallest absolute Gasteiger partial charge is 0.237 e. The van der Waals surface area contributed by atoms with Gasteiger partial charge in [0.15, 0.2) is 0 Å². The molecule has 0 radical (unpaired) electrons. The van der Waals surface area contributed by atoms with Crippen LogP contribution in [0.3, 0.4) is 0 Å². The number of aryl methyl sites for hydroxylation is 1. The van der Waals surface area contributed by atoms with Crippen LogP contribution in [0.2, 0.25) is 0 Å². The number of nitrogens with one attached hydrogen (secondary N) is 1. The van der Waals surface area contributed by atoms with Gasteiger partial charge in [0, 0.05) is 18.7 Å². The number of phenols is 1. The van der Waals surface area contributed by atoms with Gasteiger partial charge < -0.3 is 10.4 Å². The van der Waals surface area contributed by atoms with Crippen molar-refractivity contribution in [3.63, 3.8) is 0 Å². The van der Waals surface area contributed by atoms with Crippen LogP contribution in [0.15, 0.2) is 48.5 Å². The number of hydrogen-bond acceptors (Lipinski definition) is 3. The van der Waals surface area contributed by atoms with E-state index in [1.54, 1.807) is 24.3 Å². The highest BCUT2D eigenvalue weighted by Gasteiger charge is 2.30. The third-order valence-electron chi connectivity index (χ3n) is 4.88. The number of phenolic OH excluding ortho intramolecular Hbond substituents is 1. The highest BCUT2D eigenvalue weighted by atomic mass is 19.1. The molecule has 26 heavy (non-hydrogen) atoms. The van der Waals surface area contributed by atoms with Gasteiger partial charge in [0.25, 0.3) is 0 Å². The van der Waals surface area contributed by atoms with E-state index in [1.165, 1.54) is 6.07 Å². The van der Waals surface area contributed by atoms with Gasteiger partial charge in [-0.05, 0) is 56.0 Å². The molecule has 0 spiro atoms. The molecule has 1 amide bonds. The van der Waals surface area contributed by atoms with E-state index in [-0.39, 0.29) is 23.5 Å². The number of nitrogens with zero attached hydrogens (tertiary/aromatic N) is 1. The molecule has 2 aromatic carbocycles. The molecule has 1 saturated heterocycles. The van der Waals surface area contributed by atoms with Crippen LogP contribution in [0.4, 0.5) is 4.39 Å². The van der Waals surface area contributed by atoms with E-state index in [2.05, 4.69) is 10.2 Å². The fourth-order valence-electron chi connectivity index (χ4n) is 3.44. The van der Waals surface area contributed by atoms with Crippen molar-refractivity contribution in [2.75, 3.05) is 13.1 Å². The lowest BCUT2D eigenvalue weighted by Gasteiger charge is -2.24. The van der Waals surface area contributed by atoms with E-state index in [0.29, 0.717) is 18.7 Å². The zero-order chi connectivity index (χ0) is 18.4. The number of likely N-dealkylation sites (tertiary alicyclic amines) is 1. The first kappa shape index (κ1) is 18.4. The molecule has 1 unspecified atom stereocenters. The Hall–Kier alpha value is -2.40. The minimum Gasteiger partial charge on any atom is -0.508 e. The van der Waals surface area contributed by atoms with Crippen LogP contribution in [0.5, 0.6) is 5.75 Å². The number of benzene rings is 2. The molecule has 2 N–H and O–H groups in total. The Morgan fingerprint density at radius 1 is 1.19 bits per heavy atom. The number of halogens is 1.